The molecule has 9 nitrogen and oxygen atoms in total. The fourth-order valence-electron chi connectivity index (χ4n) is 8.90. The molecule has 2 saturated heterocycles. The summed E-state index contributed by atoms with van der Waals surface area (Å²) < 4.78 is 19.4. The van der Waals surface area contributed by atoms with Gasteiger partial charge in [0.25, 0.3) is 11.8 Å². The first kappa shape index (κ1) is 33.4. The number of allylic oxidation sites excluding steroid dienone is 2. The molecule has 3 fully saturated rings. The van der Waals surface area contributed by atoms with E-state index in [0.29, 0.717) is 38.8 Å². The molecule has 4 amide bonds. The summed E-state index contributed by atoms with van der Waals surface area (Å²) in [6, 6.07) is 23.7. The van der Waals surface area contributed by atoms with Crippen LogP contribution in [0.1, 0.15) is 35.4 Å². The highest BCUT2D eigenvalue weighted by molar-refractivity contribution is 6.30. The Morgan fingerprint density at radius 3 is 2.31 bits per heavy atom. The number of nitrogens with zero attached hydrogens (tertiary/aromatic N) is 2. The van der Waals surface area contributed by atoms with Gasteiger partial charge in [-0.25, -0.2) is 4.39 Å². The van der Waals surface area contributed by atoms with Crippen LogP contribution in [0.5, 0.6) is 11.5 Å². The maximum absolute atomic E-state index is 15.2. The SMILES string of the molecule is C=Cc1ccc(N2C(=O)[C@H]3[C@H](CC=C4[C@H]3C[C@H]3C(=O)N(Nc5ccc(F)cc5)C(=O)[C@@]3(c3ccc(Cl)cc3)[C@H]4c3cc(OC)ccc3O)C2=O)cc1. The van der Waals surface area contributed by atoms with E-state index in [4.69, 9.17) is 16.3 Å². The number of amides is 4. The van der Waals surface area contributed by atoms with Crippen LogP contribution < -0.4 is 15.1 Å². The van der Waals surface area contributed by atoms with Crippen molar-refractivity contribution in [1.82, 2.24) is 5.01 Å². The van der Waals surface area contributed by atoms with Gasteiger partial charge in [0.05, 0.1) is 41.7 Å². The smallest absolute Gasteiger partial charge is 0.260 e. The van der Waals surface area contributed by atoms with Gasteiger partial charge in [-0.3, -0.25) is 29.5 Å². The van der Waals surface area contributed by atoms with Crippen molar-refractivity contribution in [3.8, 4) is 11.5 Å². The first-order valence-corrected chi connectivity index (χ1v) is 17.3. The van der Waals surface area contributed by atoms with Crippen LogP contribution in [0.2, 0.25) is 5.02 Å². The van der Waals surface area contributed by atoms with Crippen molar-refractivity contribution in [3.05, 3.63) is 137 Å². The van der Waals surface area contributed by atoms with Gasteiger partial charge in [-0.05, 0) is 96.6 Å². The van der Waals surface area contributed by atoms with E-state index in [1.807, 2.05) is 6.08 Å². The Kier molecular flexibility index (Phi) is 8.02. The van der Waals surface area contributed by atoms with Crippen LogP contribution in [0, 0.1) is 29.5 Å². The van der Waals surface area contributed by atoms with Crippen LogP contribution >= 0.6 is 11.6 Å². The van der Waals surface area contributed by atoms with Crippen molar-refractivity contribution in [2.45, 2.75) is 24.2 Å². The summed E-state index contributed by atoms with van der Waals surface area (Å²) >= 11 is 6.35. The quantitative estimate of drug-likeness (QED) is 0.156. The molecule has 0 spiro atoms. The fourth-order valence-corrected chi connectivity index (χ4v) is 9.03. The molecule has 0 aromatic heterocycles. The lowest BCUT2D eigenvalue weighted by Crippen LogP contribution is -2.53. The van der Waals surface area contributed by atoms with Gasteiger partial charge in [0.15, 0.2) is 0 Å². The number of carbonyl (C=O) groups is 4. The van der Waals surface area contributed by atoms with Crippen LogP contribution in [0.15, 0.2) is 109 Å². The Morgan fingerprint density at radius 2 is 1.63 bits per heavy atom. The van der Waals surface area contributed by atoms with E-state index in [1.54, 1.807) is 66.7 Å². The summed E-state index contributed by atoms with van der Waals surface area (Å²) in [7, 11) is 1.49. The molecule has 2 aliphatic carbocycles. The first-order chi connectivity index (χ1) is 25.1. The summed E-state index contributed by atoms with van der Waals surface area (Å²) in [4.78, 5) is 59.8. The van der Waals surface area contributed by atoms with Crippen LogP contribution in [0.25, 0.3) is 6.08 Å². The number of anilines is 2. The Hall–Kier alpha value is -5.74. The Balaban J connectivity index is 1.33. The number of hydrogen-bond acceptors (Lipinski definition) is 7. The van der Waals surface area contributed by atoms with Crippen LogP contribution in [-0.4, -0.2) is 40.9 Å². The molecular weight excluding hydrogens is 685 g/mol. The molecule has 4 aromatic carbocycles. The summed E-state index contributed by atoms with van der Waals surface area (Å²) in [5.41, 5.74) is 4.33. The largest absolute Gasteiger partial charge is 0.508 e. The maximum Gasteiger partial charge on any atom is 0.260 e. The second-order valence-corrected chi connectivity index (χ2v) is 14.0. The topological polar surface area (TPSA) is 116 Å². The Morgan fingerprint density at radius 1 is 0.923 bits per heavy atom. The predicted molar refractivity (Wildman–Crippen MR) is 193 cm³/mol. The number of imide groups is 2. The Labute approximate surface area is 303 Å². The molecule has 0 radical (unpaired) electrons. The van der Waals surface area contributed by atoms with Gasteiger partial charge in [0, 0.05) is 16.5 Å². The van der Waals surface area contributed by atoms with E-state index < -0.39 is 52.6 Å². The number of phenolic OH excluding ortho intramolecular Hbond substituents is 1. The Bertz CT molecular complexity index is 2190. The summed E-state index contributed by atoms with van der Waals surface area (Å²) in [5, 5.41) is 13.0. The van der Waals surface area contributed by atoms with Crippen molar-refractivity contribution in [1.29, 1.82) is 0 Å². The number of ether oxygens (including phenoxy) is 1. The fraction of sp³-hybridized carbons (Fsp3) is 0.220. The van der Waals surface area contributed by atoms with Crippen LogP contribution in [0.4, 0.5) is 15.8 Å². The molecule has 11 heteroatoms. The van der Waals surface area contributed by atoms with Crippen molar-refractivity contribution >= 4 is 52.7 Å². The van der Waals surface area contributed by atoms with E-state index in [0.717, 1.165) is 10.6 Å². The number of carbonyl (C=O) groups excluding carboxylic acids is 4. The second-order valence-electron chi connectivity index (χ2n) is 13.6. The highest BCUT2D eigenvalue weighted by atomic mass is 35.5. The van der Waals surface area contributed by atoms with Crippen LogP contribution in [-0.2, 0) is 24.6 Å². The summed E-state index contributed by atoms with van der Waals surface area (Å²) in [5.74, 6) is -6.29. The molecular formula is C41H33ClFN3O6. The van der Waals surface area contributed by atoms with Crippen molar-refractivity contribution in [2.24, 2.45) is 23.7 Å². The molecule has 6 atom stereocenters. The third kappa shape index (κ3) is 4.88. The van der Waals surface area contributed by atoms with Gasteiger partial charge >= 0.3 is 0 Å². The average molecular weight is 718 g/mol. The minimum atomic E-state index is -1.64. The molecule has 2 aliphatic heterocycles. The van der Waals surface area contributed by atoms with E-state index in [2.05, 4.69) is 12.0 Å². The first-order valence-electron chi connectivity index (χ1n) is 16.9. The number of hydrazine groups is 1. The third-order valence-electron chi connectivity index (χ3n) is 11.2. The molecule has 4 aromatic rings. The summed E-state index contributed by atoms with van der Waals surface area (Å²) in [6.45, 7) is 3.78. The lowest BCUT2D eigenvalue weighted by atomic mass is 9.49. The molecule has 8 rings (SSSR count). The molecule has 1 saturated carbocycles. The average Bonchev–Trinajstić information content (AvgIpc) is 3.53. The molecule has 0 bridgehead atoms. The number of benzene rings is 4. The lowest BCUT2D eigenvalue weighted by molar-refractivity contribution is -0.138. The molecule has 52 heavy (non-hydrogen) atoms. The number of fused-ring (bicyclic) bond motifs is 4. The van der Waals surface area contributed by atoms with Crippen molar-refractivity contribution in [3.63, 3.8) is 0 Å². The van der Waals surface area contributed by atoms with Gasteiger partial charge in [0.1, 0.15) is 17.3 Å². The van der Waals surface area contributed by atoms with Crippen molar-refractivity contribution < 1.29 is 33.4 Å². The zero-order valence-electron chi connectivity index (χ0n) is 28.0. The van der Waals surface area contributed by atoms with E-state index in [1.165, 1.54) is 42.3 Å². The molecule has 0 unspecified atom stereocenters. The van der Waals surface area contributed by atoms with Gasteiger partial charge < -0.3 is 9.84 Å². The number of rotatable bonds is 7. The number of methoxy groups -OCH3 is 1. The number of nitrogens with one attached hydrogen (secondary N) is 1. The highest BCUT2D eigenvalue weighted by Gasteiger charge is 2.70. The minimum Gasteiger partial charge on any atom is -0.508 e. The predicted octanol–water partition coefficient (Wildman–Crippen LogP) is 7.03. The standard InChI is InChI=1S/C41H33ClFN3O6/c1-3-22-4-14-27(15-5-22)45-37(48)30-18-17-29-31(35(30)39(45)50)21-33-38(49)46(44-26-12-10-25(43)11-13-26)40(51)41(33,23-6-8-24(42)9-7-23)36(29)32-20-28(52-2)16-19-34(32)47/h3-17,19-20,30-31,33,35-36,44,47H,1,18,21H2,2H3/t30-,31+,33-,35-,36+,41+/m0/s1. The van der Waals surface area contributed by atoms with Gasteiger partial charge in [-0.1, -0.05) is 60.2 Å². The number of aromatic hydroxyl groups is 1. The monoisotopic (exact) mass is 717 g/mol. The lowest BCUT2D eigenvalue weighted by Gasteiger charge is -2.50. The maximum atomic E-state index is 15.2. The molecule has 2 N–H and O–H groups in total. The van der Waals surface area contributed by atoms with Crippen LogP contribution in [0.3, 0.4) is 0 Å². The van der Waals surface area contributed by atoms with E-state index in [-0.39, 0.29) is 30.4 Å². The summed E-state index contributed by atoms with van der Waals surface area (Å²) in [6.07, 6.45) is 3.85. The van der Waals surface area contributed by atoms with Crippen molar-refractivity contribution in [2.75, 3.05) is 17.4 Å². The zero-order valence-corrected chi connectivity index (χ0v) is 28.7. The molecule has 2 heterocycles. The normalized spacial score (nSPS) is 26.4. The number of hydrogen-bond donors (Lipinski definition) is 2. The molecule has 4 aliphatic rings. The highest BCUT2D eigenvalue weighted by Crippen LogP contribution is 2.65. The zero-order chi connectivity index (χ0) is 36.5. The minimum absolute atomic E-state index is 0.0608. The third-order valence-corrected chi connectivity index (χ3v) is 11.4. The molecule has 262 valence electrons. The number of halogens is 2. The van der Waals surface area contributed by atoms with E-state index >= 15 is 4.79 Å². The van der Waals surface area contributed by atoms with Gasteiger partial charge in [-0.2, -0.15) is 5.01 Å². The van der Waals surface area contributed by atoms with Gasteiger partial charge in [0.2, 0.25) is 11.8 Å². The number of phenols is 1. The van der Waals surface area contributed by atoms with Gasteiger partial charge in [-0.15, -0.1) is 0 Å². The van der Waals surface area contributed by atoms with E-state index in [9.17, 15) is 23.9 Å². The second kappa shape index (κ2) is 12.5.